The maximum atomic E-state index is 9.80. The lowest BCUT2D eigenvalue weighted by Crippen LogP contribution is -2.66. The van der Waals surface area contributed by atoms with Crippen LogP contribution in [0, 0.1) is 17.2 Å². The van der Waals surface area contributed by atoms with Crippen LogP contribution in [0.2, 0.25) is 5.04 Å². The number of fused-ring (bicyclic) bond motifs is 3. The van der Waals surface area contributed by atoms with Gasteiger partial charge in [0, 0.05) is 34.2 Å². The fraction of sp³-hybridized carbons (Fsp3) is 0.344. The maximum Gasteiger partial charge on any atom is 0.261 e. The minimum absolute atomic E-state index is 0.0106. The van der Waals surface area contributed by atoms with Gasteiger partial charge in [0.1, 0.15) is 0 Å². The molecule has 0 fully saturated rings. The van der Waals surface area contributed by atoms with Crippen molar-refractivity contribution in [1.82, 2.24) is 4.57 Å². The SMILES string of the molecule is CC(CO[Si](c1ccccc1)(c1ccccc1)C(C)(C)C)Cn1c2c(c3ccc(Br)cc31)C(C#N)CC2. The predicted octanol–water partition coefficient (Wildman–Crippen LogP) is 7.17. The third kappa shape index (κ3) is 4.61. The summed E-state index contributed by atoms with van der Waals surface area (Å²) in [7, 11) is -2.57. The van der Waals surface area contributed by atoms with E-state index < -0.39 is 8.32 Å². The topological polar surface area (TPSA) is 38.0 Å². The summed E-state index contributed by atoms with van der Waals surface area (Å²) in [6, 6.07) is 30.7. The Morgan fingerprint density at radius 3 is 2.22 bits per heavy atom. The molecule has 0 saturated carbocycles. The van der Waals surface area contributed by atoms with Crippen LogP contribution in [0.25, 0.3) is 10.9 Å². The van der Waals surface area contributed by atoms with E-state index in [-0.39, 0.29) is 11.0 Å². The monoisotopic (exact) mass is 570 g/mol. The van der Waals surface area contributed by atoms with Crippen molar-refractivity contribution < 1.29 is 4.43 Å². The average Bonchev–Trinajstić information content (AvgIpc) is 3.43. The van der Waals surface area contributed by atoms with Crippen LogP contribution in [0.5, 0.6) is 0 Å². The summed E-state index contributed by atoms with van der Waals surface area (Å²) in [6.07, 6.45) is 1.88. The molecule has 1 heterocycles. The Hall–Kier alpha value is -2.65. The van der Waals surface area contributed by atoms with Gasteiger partial charge < -0.3 is 8.99 Å². The standard InChI is InChI=1S/C32H35BrN2OSi/c1-23(21-35-29-18-15-24(20-34)31(29)28-17-16-25(33)19-30(28)35)22-36-37(32(2,3)4,26-11-7-5-8-12-26)27-13-9-6-10-14-27/h5-14,16-17,19,23-24H,15,18,21-22H2,1-4H3. The lowest BCUT2D eigenvalue weighted by atomic mass is 10.0. The predicted molar refractivity (Wildman–Crippen MR) is 159 cm³/mol. The number of nitrogens with zero attached hydrogens (tertiary/aromatic N) is 2. The molecule has 190 valence electrons. The second-order valence-corrected chi connectivity index (χ2v) is 16.7. The molecule has 37 heavy (non-hydrogen) atoms. The number of benzene rings is 3. The molecule has 3 aromatic carbocycles. The van der Waals surface area contributed by atoms with E-state index in [0.717, 1.165) is 23.9 Å². The first-order valence-electron chi connectivity index (χ1n) is 13.2. The quantitative estimate of drug-likeness (QED) is 0.221. The molecule has 0 bridgehead atoms. The molecule has 5 rings (SSSR count). The highest BCUT2D eigenvalue weighted by atomic mass is 79.9. The van der Waals surface area contributed by atoms with Gasteiger partial charge in [0.05, 0.1) is 12.0 Å². The lowest BCUT2D eigenvalue weighted by Gasteiger charge is -2.43. The number of nitriles is 1. The van der Waals surface area contributed by atoms with Gasteiger partial charge in [-0.2, -0.15) is 5.26 Å². The van der Waals surface area contributed by atoms with E-state index in [1.807, 2.05) is 0 Å². The van der Waals surface area contributed by atoms with Crippen molar-refractivity contribution in [3.8, 4) is 6.07 Å². The Kier molecular flexibility index (Phi) is 7.19. The second kappa shape index (κ2) is 10.2. The number of aromatic nitrogens is 1. The van der Waals surface area contributed by atoms with Gasteiger partial charge in [0.15, 0.2) is 0 Å². The van der Waals surface area contributed by atoms with Crippen LogP contribution in [-0.4, -0.2) is 19.5 Å². The van der Waals surface area contributed by atoms with Gasteiger partial charge in [0.25, 0.3) is 8.32 Å². The van der Waals surface area contributed by atoms with Crippen LogP contribution in [0.4, 0.5) is 0 Å². The van der Waals surface area contributed by atoms with Gasteiger partial charge in [-0.15, -0.1) is 0 Å². The van der Waals surface area contributed by atoms with Gasteiger partial charge in [0.2, 0.25) is 0 Å². The van der Waals surface area contributed by atoms with Crippen LogP contribution < -0.4 is 10.4 Å². The van der Waals surface area contributed by atoms with Gasteiger partial charge in [-0.25, -0.2) is 0 Å². The van der Waals surface area contributed by atoms with Crippen molar-refractivity contribution in [1.29, 1.82) is 5.26 Å². The summed E-state index contributed by atoms with van der Waals surface area (Å²) >= 11 is 3.67. The molecule has 0 aliphatic heterocycles. The van der Waals surface area contributed by atoms with E-state index in [2.05, 4.69) is 133 Å². The molecule has 2 atom stereocenters. The third-order valence-corrected chi connectivity index (χ3v) is 13.3. The van der Waals surface area contributed by atoms with E-state index in [1.165, 1.54) is 32.5 Å². The van der Waals surface area contributed by atoms with E-state index in [9.17, 15) is 5.26 Å². The lowest BCUT2D eigenvalue weighted by molar-refractivity contribution is 0.231. The highest BCUT2D eigenvalue weighted by Crippen LogP contribution is 2.42. The molecule has 0 amide bonds. The van der Waals surface area contributed by atoms with E-state index in [1.54, 1.807) is 0 Å². The summed E-state index contributed by atoms with van der Waals surface area (Å²) in [5, 5.41) is 13.6. The summed E-state index contributed by atoms with van der Waals surface area (Å²) in [4.78, 5) is 0. The molecule has 0 radical (unpaired) electrons. The van der Waals surface area contributed by atoms with Crippen molar-refractivity contribution >= 4 is 45.5 Å². The Labute approximate surface area is 230 Å². The number of hydrogen-bond acceptors (Lipinski definition) is 2. The first kappa shape index (κ1) is 26.0. The second-order valence-electron chi connectivity index (χ2n) is 11.4. The summed E-state index contributed by atoms with van der Waals surface area (Å²) in [5.74, 6) is 0.296. The largest absolute Gasteiger partial charge is 0.407 e. The normalized spacial score (nSPS) is 16.5. The average molecular weight is 572 g/mol. The molecular formula is C32H35BrN2OSi. The van der Waals surface area contributed by atoms with Crippen LogP contribution in [0.1, 0.15) is 51.3 Å². The van der Waals surface area contributed by atoms with Gasteiger partial charge in [-0.1, -0.05) is 110 Å². The molecule has 2 unspecified atom stereocenters. The fourth-order valence-corrected chi connectivity index (χ4v) is 11.3. The molecular weight excluding hydrogens is 536 g/mol. The minimum atomic E-state index is -2.57. The third-order valence-electron chi connectivity index (χ3n) is 7.85. The van der Waals surface area contributed by atoms with Crippen molar-refractivity contribution in [2.75, 3.05) is 6.61 Å². The smallest absolute Gasteiger partial charge is 0.261 e. The minimum Gasteiger partial charge on any atom is -0.407 e. The highest BCUT2D eigenvalue weighted by Gasteiger charge is 2.50. The van der Waals surface area contributed by atoms with Crippen LogP contribution in [0.3, 0.4) is 0 Å². The van der Waals surface area contributed by atoms with Gasteiger partial charge >= 0.3 is 0 Å². The number of hydrogen-bond donors (Lipinski definition) is 0. The molecule has 1 aromatic heterocycles. The molecule has 0 saturated heterocycles. The molecule has 3 nitrogen and oxygen atoms in total. The fourth-order valence-electron chi connectivity index (χ4n) is 6.22. The Balaban J connectivity index is 1.50. The summed E-state index contributed by atoms with van der Waals surface area (Å²) in [5.41, 5.74) is 3.79. The molecule has 4 aromatic rings. The zero-order valence-electron chi connectivity index (χ0n) is 22.2. The Morgan fingerprint density at radius 2 is 1.65 bits per heavy atom. The van der Waals surface area contributed by atoms with Crippen LogP contribution in [-0.2, 0) is 17.4 Å². The molecule has 1 aliphatic carbocycles. The zero-order valence-corrected chi connectivity index (χ0v) is 24.8. The van der Waals surface area contributed by atoms with Crippen LogP contribution >= 0.6 is 15.9 Å². The van der Waals surface area contributed by atoms with Crippen molar-refractivity contribution in [3.05, 3.63) is 94.6 Å². The Bertz CT molecular complexity index is 1390. The molecule has 1 aliphatic rings. The summed E-state index contributed by atoms with van der Waals surface area (Å²) in [6.45, 7) is 10.8. The van der Waals surface area contributed by atoms with Crippen LogP contribution in [0.15, 0.2) is 83.3 Å². The number of halogens is 1. The molecule has 0 N–H and O–H groups in total. The Morgan fingerprint density at radius 1 is 1.03 bits per heavy atom. The summed E-state index contributed by atoms with van der Waals surface area (Å²) < 4.78 is 10.8. The number of rotatable bonds is 7. The maximum absolute atomic E-state index is 9.80. The van der Waals surface area contributed by atoms with Crippen molar-refractivity contribution in [2.45, 2.75) is 58.0 Å². The van der Waals surface area contributed by atoms with Gasteiger partial charge in [-0.3, -0.25) is 0 Å². The van der Waals surface area contributed by atoms with Gasteiger partial charge in [-0.05, 0) is 51.9 Å². The van der Waals surface area contributed by atoms with E-state index in [4.69, 9.17) is 4.43 Å². The molecule has 5 heteroatoms. The molecule has 0 spiro atoms. The van der Waals surface area contributed by atoms with E-state index in [0.29, 0.717) is 12.5 Å². The van der Waals surface area contributed by atoms with Crippen molar-refractivity contribution in [3.63, 3.8) is 0 Å². The van der Waals surface area contributed by atoms with E-state index >= 15 is 0 Å². The first-order chi connectivity index (χ1) is 17.8. The first-order valence-corrected chi connectivity index (χ1v) is 15.9. The zero-order chi connectivity index (χ0) is 26.2. The van der Waals surface area contributed by atoms with Crippen molar-refractivity contribution in [2.24, 2.45) is 5.92 Å². The highest BCUT2D eigenvalue weighted by molar-refractivity contribution is 9.10.